The molecular weight excluding hydrogens is 426 g/mol. The Hall–Kier alpha value is -1.04. The van der Waals surface area contributed by atoms with Gasteiger partial charge in [0.2, 0.25) is 0 Å². The van der Waals surface area contributed by atoms with Gasteiger partial charge in [0.25, 0.3) is 5.91 Å². The molecule has 0 unspecified atom stereocenters. The number of carbonyl (C=O) groups excluding carboxylic acids is 1. The highest BCUT2D eigenvalue weighted by Crippen LogP contribution is 2.28. The lowest BCUT2D eigenvalue weighted by Gasteiger charge is -2.18. The molecule has 0 radical (unpaired) electrons. The molecule has 3 atom stereocenters. The lowest BCUT2D eigenvalue weighted by molar-refractivity contribution is -0.0542. The SMILES string of the molecule is Nc1c(Br)cc(Br)cc1C(=O)N/N=C\[C@H](O)[C@@H](O)[C@H](O)CO. The van der Waals surface area contributed by atoms with Gasteiger partial charge in [0.05, 0.1) is 24.1 Å². The van der Waals surface area contributed by atoms with Crippen molar-refractivity contribution in [2.24, 2.45) is 5.10 Å². The van der Waals surface area contributed by atoms with Gasteiger partial charge in [-0.1, -0.05) is 15.9 Å². The van der Waals surface area contributed by atoms with Crippen molar-refractivity contribution in [1.29, 1.82) is 0 Å². The molecule has 0 aliphatic rings. The third-order valence-corrected chi connectivity index (χ3v) is 3.78. The molecule has 0 heterocycles. The molecule has 122 valence electrons. The first-order valence-electron chi connectivity index (χ1n) is 6.01. The molecule has 22 heavy (non-hydrogen) atoms. The van der Waals surface area contributed by atoms with E-state index >= 15 is 0 Å². The summed E-state index contributed by atoms with van der Waals surface area (Å²) in [5.74, 6) is -0.625. The van der Waals surface area contributed by atoms with Gasteiger partial charge in [-0.15, -0.1) is 0 Å². The van der Waals surface area contributed by atoms with Gasteiger partial charge in [-0.05, 0) is 28.1 Å². The van der Waals surface area contributed by atoms with Crippen molar-refractivity contribution in [2.75, 3.05) is 12.3 Å². The largest absolute Gasteiger partial charge is 0.397 e. The van der Waals surface area contributed by atoms with Crippen LogP contribution < -0.4 is 11.2 Å². The van der Waals surface area contributed by atoms with E-state index in [4.69, 9.17) is 15.9 Å². The molecule has 0 aromatic heterocycles. The van der Waals surface area contributed by atoms with Crippen molar-refractivity contribution in [1.82, 2.24) is 5.43 Å². The van der Waals surface area contributed by atoms with Crippen molar-refractivity contribution in [3.05, 3.63) is 26.6 Å². The minimum Gasteiger partial charge on any atom is -0.397 e. The summed E-state index contributed by atoms with van der Waals surface area (Å²) in [5.41, 5.74) is 8.26. The number of carbonyl (C=O) groups is 1. The number of aliphatic hydroxyl groups is 4. The predicted octanol–water partition coefficient (Wildman–Crippen LogP) is -0.416. The highest BCUT2D eigenvalue weighted by atomic mass is 79.9. The molecule has 1 aromatic rings. The molecule has 0 fully saturated rings. The third-order valence-electron chi connectivity index (χ3n) is 2.66. The second-order valence-corrected chi connectivity index (χ2v) is 6.07. The van der Waals surface area contributed by atoms with Gasteiger partial charge >= 0.3 is 0 Å². The van der Waals surface area contributed by atoms with Crippen LogP contribution in [0.15, 0.2) is 26.2 Å². The second-order valence-electron chi connectivity index (χ2n) is 4.30. The Morgan fingerprint density at radius 2 is 2.00 bits per heavy atom. The molecule has 0 saturated heterocycles. The first-order chi connectivity index (χ1) is 10.3. The number of hydrogen-bond donors (Lipinski definition) is 6. The lowest BCUT2D eigenvalue weighted by atomic mass is 10.1. The number of nitrogens with zero attached hydrogens (tertiary/aromatic N) is 1. The van der Waals surface area contributed by atoms with E-state index in [1.165, 1.54) is 6.07 Å². The van der Waals surface area contributed by atoms with Crippen LogP contribution in [0, 0.1) is 0 Å². The molecule has 1 aromatic carbocycles. The summed E-state index contributed by atoms with van der Waals surface area (Å²) < 4.78 is 1.15. The fourth-order valence-electron chi connectivity index (χ4n) is 1.43. The van der Waals surface area contributed by atoms with Crippen LogP contribution in [0.1, 0.15) is 10.4 Å². The first-order valence-corrected chi connectivity index (χ1v) is 7.59. The Kier molecular flexibility index (Phi) is 7.39. The molecule has 0 saturated carbocycles. The van der Waals surface area contributed by atoms with Crippen LogP contribution in [0.3, 0.4) is 0 Å². The number of nitrogen functional groups attached to an aromatic ring is 1. The zero-order valence-corrected chi connectivity index (χ0v) is 14.3. The van der Waals surface area contributed by atoms with E-state index in [9.17, 15) is 15.0 Å². The van der Waals surface area contributed by atoms with Crippen LogP contribution in [0.2, 0.25) is 0 Å². The highest BCUT2D eigenvalue weighted by molar-refractivity contribution is 9.11. The first kappa shape index (κ1) is 19.0. The molecule has 7 N–H and O–H groups in total. The number of hydrazone groups is 1. The Morgan fingerprint density at radius 3 is 2.59 bits per heavy atom. The summed E-state index contributed by atoms with van der Waals surface area (Å²) in [7, 11) is 0. The Morgan fingerprint density at radius 1 is 1.36 bits per heavy atom. The number of amides is 1. The average Bonchev–Trinajstić information content (AvgIpc) is 2.48. The smallest absolute Gasteiger partial charge is 0.273 e. The maximum atomic E-state index is 11.9. The molecule has 8 nitrogen and oxygen atoms in total. The average molecular weight is 441 g/mol. The Labute approximate surface area is 142 Å². The standard InChI is InChI=1S/C12H15Br2N3O5/c13-5-1-6(10(15)7(14)2-5)12(22)17-16-3-8(19)11(21)9(20)4-18/h1-3,8-9,11,18-21H,4,15H2,(H,17,22)/b16-3-/t8-,9+,11+/m0/s1. The van der Waals surface area contributed by atoms with E-state index in [0.717, 1.165) is 6.21 Å². The summed E-state index contributed by atoms with van der Waals surface area (Å²) >= 11 is 6.42. The van der Waals surface area contributed by atoms with Crippen molar-refractivity contribution in [3.63, 3.8) is 0 Å². The van der Waals surface area contributed by atoms with Crippen LogP contribution in [0.5, 0.6) is 0 Å². The van der Waals surface area contributed by atoms with Crippen LogP contribution in [0.4, 0.5) is 5.69 Å². The minimum atomic E-state index is -1.63. The van der Waals surface area contributed by atoms with Gasteiger partial charge in [0.1, 0.15) is 18.3 Å². The van der Waals surface area contributed by atoms with Gasteiger partial charge < -0.3 is 26.2 Å². The van der Waals surface area contributed by atoms with E-state index < -0.39 is 30.8 Å². The summed E-state index contributed by atoms with van der Waals surface area (Å²) in [5, 5.41) is 40.1. The maximum absolute atomic E-state index is 11.9. The molecule has 0 bridgehead atoms. The van der Waals surface area contributed by atoms with Crippen LogP contribution in [0.25, 0.3) is 0 Å². The molecule has 1 amide bonds. The molecule has 1 rings (SSSR count). The molecule has 10 heteroatoms. The fraction of sp³-hybridized carbons (Fsp3) is 0.333. The zero-order chi connectivity index (χ0) is 16.9. The highest BCUT2D eigenvalue weighted by Gasteiger charge is 2.22. The van der Waals surface area contributed by atoms with Crippen molar-refractivity contribution in [3.8, 4) is 0 Å². The third kappa shape index (κ3) is 5.00. The number of nitrogens with two attached hydrogens (primary N) is 1. The predicted molar refractivity (Wildman–Crippen MR) is 87.3 cm³/mol. The van der Waals surface area contributed by atoms with Crippen molar-refractivity contribution >= 4 is 49.7 Å². The molecule has 0 spiro atoms. The van der Waals surface area contributed by atoms with E-state index in [1.807, 2.05) is 0 Å². The van der Waals surface area contributed by atoms with E-state index in [1.54, 1.807) is 6.07 Å². The van der Waals surface area contributed by atoms with Gasteiger partial charge in [0, 0.05) is 8.95 Å². The lowest BCUT2D eigenvalue weighted by Crippen LogP contribution is -2.40. The van der Waals surface area contributed by atoms with Gasteiger partial charge in [0.15, 0.2) is 0 Å². The number of hydrogen-bond acceptors (Lipinski definition) is 7. The van der Waals surface area contributed by atoms with E-state index in [2.05, 4.69) is 42.4 Å². The number of benzene rings is 1. The second kappa shape index (κ2) is 8.56. The van der Waals surface area contributed by atoms with Crippen molar-refractivity contribution in [2.45, 2.75) is 18.3 Å². The summed E-state index contributed by atoms with van der Waals surface area (Å²) in [6.07, 6.45) is -3.89. The molecular formula is C12H15Br2N3O5. The van der Waals surface area contributed by atoms with Gasteiger partial charge in [-0.25, -0.2) is 5.43 Å². The Bertz CT molecular complexity index is 570. The number of nitrogens with one attached hydrogen (secondary N) is 1. The van der Waals surface area contributed by atoms with E-state index in [-0.39, 0.29) is 11.3 Å². The number of halogens is 2. The van der Waals surface area contributed by atoms with Crippen LogP contribution in [-0.2, 0) is 0 Å². The normalized spacial score (nSPS) is 15.5. The monoisotopic (exact) mass is 439 g/mol. The van der Waals surface area contributed by atoms with Crippen LogP contribution in [-0.4, -0.2) is 57.5 Å². The number of aliphatic hydroxyl groups excluding tert-OH is 4. The maximum Gasteiger partial charge on any atom is 0.273 e. The fourth-order valence-corrected chi connectivity index (χ4v) is 2.65. The Balaban J connectivity index is 2.73. The summed E-state index contributed by atoms with van der Waals surface area (Å²) in [6.45, 7) is -0.721. The topological polar surface area (TPSA) is 148 Å². The van der Waals surface area contributed by atoms with Gasteiger partial charge in [-0.2, -0.15) is 5.10 Å². The van der Waals surface area contributed by atoms with Crippen LogP contribution >= 0.6 is 31.9 Å². The van der Waals surface area contributed by atoms with Gasteiger partial charge in [-0.3, -0.25) is 4.79 Å². The number of anilines is 1. The zero-order valence-electron chi connectivity index (χ0n) is 11.1. The van der Waals surface area contributed by atoms with Crippen molar-refractivity contribution < 1.29 is 25.2 Å². The summed E-state index contributed by atoms with van der Waals surface area (Å²) in [6, 6.07) is 3.16. The summed E-state index contributed by atoms with van der Waals surface area (Å²) in [4.78, 5) is 11.9. The van der Waals surface area contributed by atoms with E-state index in [0.29, 0.717) is 8.95 Å². The number of rotatable bonds is 6. The quantitative estimate of drug-likeness (QED) is 0.201. The molecule has 0 aliphatic carbocycles. The molecule has 0 aliphatic heterocycles. The minimum absolute atomic E-state index is 0.156.